The van der Waals surface area contributed by atoms with Crippen LogP contribution < -0.4 is 5.32 Å². The molecule has 1 saturated heterocycles. The van der Waals surface area contributed by atoms with Crippen LogP contribution in [0.2, 0.25) is 0 Å². The van der Waals surface area contributed by atoms with Gasteiger partial charge in [0.25, 0.3) is 0 Å². The molecule has 0 saturated carbocycles. The molecule has 1 N–H and O–H groups in total. The number of nitrogens with zero attached hydrogens (tertiary/aromatic N) is 1. The monoisotopic (exact) mass is 240 g/mol. The van der Waals surface area contributed by atoms with Gasteiger partial charge in [-0.15, -0.1) is 0 Å². The number of hydrogen-bond donors (Lipinski definition) is 1. The van der Waals surface area contributed by atoms with Gasteiger partial charge in [-0.3, -0.25) is 4.90 Å². The van der Waals surface area contributed by atoms with Gasteiger partial charge in [0.15, 0.2) is 0 Å². The van der Waals surface area contributed by atoms with Crippen molar-refractivity contribution in [3.8, 4) is 0 Å². The van der Waals surface area contributed by atoms with Gasteiger partial charge in [0.2, 0.25) is 0 Å². The predicted octanol–water partition coefficient (Wildman–Crippen LogP) is 2.32. The third-order valence-corrected chi connectivity index (χ3v) is 3.51. The molecule has 0 aromatic heterocycles. The van der Waals surface area contributed by atoms with E-state index in [2.05, 4.69) is 10.2 Å². The van der Waals surface area contributed by atoms with Gasteiger partial charge in [-0.2, -0.15) is 0 Å². The quantitative estimate of drug-likeness (QED) is 0.869. The zero-order chi connectivity index (χ0) is 12.4. The molecule has 2 nitrogen and oxygen atoms in total. The van der Waals surface area contributed by atoms with Gasteiger partial charge in [0, 0.05) is 30.7 Å². The van der Waals surface area contributed by atoms with Crippen molar-refractivity contribution in [3.63, 3.8) is 0 Å². The van der Waals surface area contributed by atoms with Gasteiger partial charge in [-0.1, -0.05) is 13.0 Å². The first kappa shape index (κ1) is 12.5. The van der Waals surface area contributed by atoms with Crippen molar-refractivity contribution in [1.29, 1.82) is 0 Å². The summed E-state index contributed by atoms with van der Waals surface area (Å²) in [5, 5.41) is 3.18. The average Bonchev–Trinajstić information content (AvgIpc) is 2.22. The van der Waals surface area contributed by atoms with E-state index in [1.54, 1.807) is 0 Å². The number of hydrogen-bond acceptors (Lipinski definition) is 2. The molecule has 1 heterocycles. The molecule has 1 aliphatic rings. The molecule has 1 aliphatic heterocycles. The van der Waals surface area contributed by atoms with Crippen LogP contribution in [0.3, 0.4) is 0 Å². The van der Waals surface area contributed by atoms with E-state index in [1.807, 2.05) is 13.8 Å². The molecule has 1 aromatic rings. The SMILES string of the molecule is CCN(C1CNC1)C(C)c1c(F)cccc1F. The van der Waals surface area contributed by atoms with Crippen LogP contribution in [0.25, 0.3) is 0 Å². The van der Waals surface area contributed by atoms with Gasteiger partial charge >= 0.3 is 0 Å². The maximum atomic E-state index is 13.7. The largest absolute Gasteiger partial charge is 0.314 e. The van der Waals surface area contributed by atoms with Crippen molar-refractivity contribution >= 4 is 0 Å². The lowest BCUT2D eigenvalue weighted by Crippen LogP contribution is -2.57. The van der Waals surface area contributed by atoms with Crippen LogP contribution in [-0.2, 0) is 0 Å². The van der Waals surface area contributed by atoms with Gasteiger partial charge in [0.05, 0.1) is 0 Å². The van der Waals surface area contributed by atoms with Crippen LogP contribution in [0, 0.1) is 11.6 Å². The number of rotatable bonds is 4. The molecule has 94 valence electrons. The van der Waals surface area contributed by atoms with Crippen LogP contribution in [0.5, 0.6) is 0 Å². The summed E-state index contributed by atoms with van der Waals surface area (Å²) in [5.41, 5.74) is 0.182. The zero-order valence-corrected chi connectivity index (χ0v) is 10.2. The summed E-state index contributed by atoms with van der Waals surface area (Å²) in [5.74, 6) is -0.911. The van der Waals surface area contributed by atoms with Crippen molar-refractivity contribution in [2.24, 2.45) is 0 Å². The second-order valence-corrected chi connectivity index (χ2v) is 4.45. The number of nitrogens with one attached hydrogen (secondary N) is 1. The Morgan fingerprint density at radius 1 is 1.35 bits per heavy atom. The first-order chi connectivity index (χ1) is 8.15. The average molecular weight is 240 g/mol. The fourth-order valence-corrected chi connectivity index (χ4v) is 2.43. The molecule has 4 heteroatoms. The molecule has 17 heavy (non-hydrogen) atoms. The Labute approximate surface area is 101 Å². The lowest BCUT2D eigenvalue weighted by atomic mass is 10.0. The molecular weight excluding hydrogens is 222 g/mol. The highest BCUT2D eigenvalue weighted by atomic mass is 19.1. The Bertz CT molecular complexity index is 371. The molecule has 1 aromatic carbocycles. The predicted molar refractivity (Wildman–Crippen MR) is 63.8 cm³/mol. The van der Waals surface area contributed by atoms with Crippen molar-refractivity contribution in [2.75, 3.05) is 19.6 Å². The van der Waals surface area contributed by atoms with Crippen molar-refractivity contribution in [2.45, 2.75) is 25.9 Å². The molecule has 1 atom stereocenters. The molecule has 1 fully saturated rings. The molecular formula is C13H18F2N2. The lowest BCUT2D eigenvalue weighted by Gasteiger charge is -2.41. The molecule has 0 radical (unpaired) electrons. The summed E-state index contributed by atoms with van der Waals surface area (Å²) in [4.78, 5) is 2.14. The topological polar surface area (TPSA) is 15.3 Å². The fraction of sp³-hybridized carbons (Fsp3) is 0.538. The van der Waals surface area contributed by atoms with E-state index in [9.17, 15) is 8.78 Å². The van der Waals surface area contributed by atoms with Gasteiger partial charge < -0.3 is 5.32 Å². The minimum absolute atomic E-state index is 0.182. The van der Waals surface area contributed by atoms with Crippen molar-refractivity contribution in [1.82, 2.24) is 10.2 Å². The molecule has 0 aliphatic carbocycles. The summed E-state index contributed by atoms with van der Waals surface area (Å²) in [6.45, 7) is 6.47. The Hall–Kier alpha value is -1.00. The highest BCUT2D eigenvalue weighted by molar-refractivity contribution is 5.23. The standard InChI is InChI=1S/C13H18F2N2/c1-3-17(10-7-16-8-10)9(2)13-11(14)5-4-6-12(13)15/h4-6,9-10,16H,3,7-8H2,1-2H3. The Balaban J connectivity index is 2.25. The highest BCUT2D eigenvalue weighted by Crippen LogP contribution is 2.27. The summed E-state index contributed by atoms with van der Waals surface area (Å²) in [6, 6.07) is 4.20. The first-order valence-electron chi connectivity index (χ1n) is 6.05. The summed E-state index contributed by atoms with van der Waals surface area (Å²) in [6.07, 6.45) is 0. The maximum Gasteiger partial charge on any atom is 0.130 e. The van der Waals surface area contributed by atoms with E-state index in [0.717, 1.165) is 19.6 Å². The van der Waals surface area contributed by atoms with E-state index in [1.165, 1.54) is 18.2 Å². The second kappa shape index (κ2) is 5.10. The molecule has 2 rings (SSSR count). The summed E-state index contributed by atoms with van der Waals surface area (Å²) < 4.78 is 27.4. The van der Waals surface area contributed by atoms with E-state index in [4.69, 9.17) is 0 Å². The zero-order valence-electron chi connectivity index (χ0n) is 10.2. The molecule has 0 bridgehead atoms. The Kier molecular flexibility index (Phi) is 3.74. The molecule has 1 unspecified atom stereocenters. The maximum absolute atomic E-state index is 13.7. The van der Waals surface area contributed by atoms with E-state index in [0.29, 0.717) is 6.04 Å². The minimum atomic E-state index is -0.455. The first-order valence-corrected chi connectivity index (χ1v) is 6.05. The van der Waals surface area contributed by atoms with Gasteiger partial charge in [0.1, 0.15) is 11.6 Å². The third kappa shape index (κ3) is 2.33. The molecule has 0 amide bonds. The van der Waals surface area contributed by atoms with Crippen LogP contribution in [0.1, 0.15) is 25.5 Å². The molecule has 0 spiro atoms. The van der Waals surface area contributed by atoms with Crippen molar-refractivity contribution in [3.05, 3.63) is 35.4 Å². The number of halogens is 2. The smallest absolute Gasteiger partial charge is 0.130 e. The minimum Gasteiger partial charge on any atom is -0.314 e. The number of likely N-dealkylation sites (N-methyl/N-ethyl adjacent to an activating group) is 1. The normalized spacial score (nSPS) is 18.2. The van der Waals surface area contributed by atoms with Gasteiger partial charge in [-0.05, 0) is 25.6 Å². The summed E-state index contributed by atoms with van der Waals surface area (Å²) >= 11 is 0. The van der Waals surface area contributed by atoms with Gasteiger partial charge in [-0.25, -0.2) is 8.78 Å². The third-order valence-electron chi connectivity index (χ3n) is 3.51. The van der Waals surface area contributed by atoms with Crippen LogP contribution >= 0.6 is 0 Å². The van der Waals surface area contributed by atoms with E-state index in [-0.39, 0.29) is 11.6 Å². The van der Waals surface area contributed by atoms with E-state index < -0.39 is 11.6 Å². The van der Waals surface area contributed by atoms with Crippen LogP contribution in [0.15, 0.2) is 18.2 Å². The van der Waals surface area contributed by atoms with E-state index >= 15 is 0 Å². The van der Waals surface area contributed by atoms with Crippen LogP contribution in [-0.4, -0.2) is 30.6 Å². The Morgan fingerprint density at radius 2 is 1.94 bits per heavy atom. The Morgan fingerprint density at radius 3 is 2.35 bits per heavy atom. The van der Waals surface area contributed by atoms with Crippen LogP contribution in [0.4, 0.5) is 8.78 Å². The number of benzene rings is 1. The second-order valence-electron chi connectivity index (χ2n) is 4.45. The van der Waals surface area contributed by atoms with Crippen molar-refractivity contribution < 1.29 is 8.78 Å². The summed E-state index contributed by atoms with van der Waals surface area (Å²) in [7, 11) is 0. The fourth-order valence-electron chi connectivity index (χ4n) is 2.43. The highest BCUT2D eigenvalue weighted by Gasteiger charge is 2.30. The lowest BCUT2D eigenvalue weighted by molar-refractivity contribution is 0.106.